The van der Waals surface area contributed by atoms with Gasteiger partial charge in [0, 0.05) is 26.7 Å². The molecular weight excluding hydrogens is 525 g/mol. The van der Waals surface area contributed by atoms with Crippen LogP contribution in [-0.4, -0.2) is 69.1 Å². The Kier molecular flexibility index (Phi) is 9.61. The van der Waals surface area contributed by atoms with E-state index in [0.717, 1.165) is 48.7 Å². The molecule has 0 bridgehead atoms. The Balaban J connectivity index is 0.00000261. The molecule has 2 aliphatic heterocycles. The molecule has 0 aromatic heterocycles. The van der Waals surface area contributed by atoms with Gasteiger partial charge in [0.05, 0.1) is 23.7 Å². The Hall–Kier alpha value is -0.580. The lowest BCUT2D eigenvalue weighted by molar-refractivity contribution is -0.0817. The predicted octanol–water partition coefficient (Wildman–Crippen LogP) is 3.29. The van der Waals surface area contributed by atoms with E-state index in [4.69, 9.17) is 14.2 Å². The number of ether oxygens (including phenoxy) is 3. The van der Waals surface area contributed by atoms with Gasteiger partial charge < -0.3 is 24.4 Å². The molecule has 1 aromatic carbocycles. The lowest BCUT2D eigenvalue weighted by Gasteiger charge is -2.37. The predicted molar refractivity (Wildman–Crippen MR) is 121 cm³/mol. The van der Waals surface area contributed by atoms with Crippen molar-refractivity contribution in [3.63, 3.8) is 0 Å². The first-order valence-electron chi connectivity index (χ1n) is 9.27. The summed E-state index contributed by atoms with van der Waals surface area (Å²) in [6, 6.07) is 7.89. The zero-order chi connectivity index (χ0) is 18.4. The van der Waals surface area contributed by atoms with Crippen molar-refractivity contribution in [1.29, 1.82) is 0 Å². The van der Waals surface area contributed by atoms with Crippen molar-refractivity contribution < 1.29 is 14.2 Å². The van der Waals surface area contributed by atoms with Gasteiger partial charge >= 0.3 is 0 Å². The summed E-state index contributed by atoms with van der Waals surface area (Å²) in [5.41, 5.74) is 0. The zero-order valence-electron chi connectivity index (χ0n) is 15.9. The number of halogens is 2. The highest BCUT2D eigenvalue weighted by Gasteiger charge is 2.32. The maximum Gasteiger partial charge on any atom is 0.193 e. The summed E-state index contributed by atoms with van der Waals surface area (Å²) in [6.07, 6.45) is 2.57. The van der Waals surface area contributed by atoms with Gasteiger partial charge in [0.15, 0.2) is 5.96 Å². The summed E-state index contributed by atoms with van der Waals surface area (Å²) < 4.78 is 18.7. The van der Waals surface area contributed by atoms with Crippen LogP contribution in [0, 0.1) is 0 Å². The average molecular weight is 554 g/mol. The van der Waals surface area contributed by atoms with Gasteiger partial charge in [0.1, 0.15) is 18.0 Å². The van der Waals surface area contributed by atoms with E-state index in [1.807, 2.05) is 38.2 Å². The number of rotatable bonds is 5. The van der Waals surface area contributed by atoms with Gasteiger partial charge in [-0.2, -0.15) is 0 Å². The largest absolute Gasteiger partial charge is 0.488 e. The fraction of sp³-hybridized carbons (Fsp3) is 0.632. The number of nitrogens with one attached hydrogen (secondary N) is 1. The minimum atomic E-state index is 0. The summed E-state index contributed by atoms with van der Waals surface area (Å²) >= 11 is 3.52. The second-order valence-electron chi connectivity index (χ2n) is 6.69. The lowest BCUT2D eigenvalue weighted by Crippen LogP contribution is -2.54. The number of nitrogens with zero attached hydrogens (tertiary/aromatic N) is 2. The van der Waals surface area contributed by atoms with Gasteiger partial charge in [-0.15, -0.1) is 24.0 Å². The van der Waals surface area contributed by atoms with E-state index < -0.39 is 0 Å². The highest BCUT2D eigenvalue weighted by atomic mass is 127. The third-order valence-electron chi connectivity index (χ3n) is 4.70. The van der Waals surface area contributed by atoms with Crippen molar-refractivity contribution in [1.82, 2.24) is 10.2 Å². The third kappa shape index (κ3) is 6.47. The van der Waals surface area contributed by atoms with E-state index in [9.17, 15) is 0 Å². The summed E-state index contributed by atoms with van der Waals surface area (Å²) in [4.78, 5) is 6.69. The molecule has 27 heavy (non-hydrogen) atoms. The Labute approximate surface area is 187 Å². The Morgan fingerprint density at radius 2 is 2.11 bits per heavy atom. The molecule has 1 N–H and O–H groups in total. The molecule has 6 nitrogen and oxygen atoms in total. The van der Waals surface area contributed by atoms with Gasteiger partial charge in [-0.3, -0.25) is 4.99 Å². The molecular formula is C19H29BrIN3O3. The molecule has 0 spiro atoms. The second-order valence-corrected chi connectivity index (χ2v) is 7.55. The van der Waals surface area contributed by atoms with Crippen LogP contribution >= 0.6 is 39.9 Å². The molecule has 2 fully saturated rings. The van der Waals surface area contributed by atoms with Crippen LogP contribution in [0.3, 0.4) is 0 Å². The van der Waals surface area contributed by atoms with E-state index in [1.165, 1.54) is 0 Å². The molecule has 2 saturated heterocycles. The molecule has 0 aliphatic carbocycles. The fourth-order valence-corrected chi connectivity index (χ4v) is 3.73. The van der Waals surface area contributed by atoms with Gasteiger partial charge in [0.25, 0.3) is 0 Å². The topological polar surface area (TPSA) is 55.3 Å². The van der Waals surface area contributed by atoms with Crippen molar-refractivity contribution in [2.45, 2.75) is 38.1 Å². The van der Waals surface area contributed by atoms with Gasteiger partial charge in [-0.05, 0) is 47.8 Å². The van der Waals surface area contributed by atoms with E-state index >= 15 is 0 Å². The maximum absolute atomic E-state index is 6.00. The maximum atomic E-state index is 6.00. The van der Waals surface area contributed by atoms with E-state index in [-0.39, 0.29) is 42.3 Å². The molecule has 1 aromatic rings. The van der Waals surface area contributed by atoms with E-state index in [2.05, 4.69) is 31.1 Å². The molecule has 0 amide bonds. The van der Waals surface area contributed by atoms with Crippen LogP contribution in [0.25, 0.3) is 0 Å². The van der Waals surface area contributed by atoms with Crippen LogP contribution in [-0.2, 0) is 9.47 Å². The number of hydrogen-bond acceptors (Lipinski definition) is 4. The average Bonchev–Trinajstić information content (AvgIpc) is 3.19. The molecule has 152 valence electrons. The summed E-state index contributed by atoms with van der Waals surface area (Å²) in [7, 11) is 1.82. The van der Waals surface area contributed by atoms with Crippen LogP contribution in [0.4, 0.5) is 0 Å². The highest BCUT2D eigenvalue weighted by Crippen LogP contribution is 2.25. The minimum absolute atomic E-state index is 0. The molecule has 3 atom stereocenters. The smallest absolute Gasteiger partial charge is 0.193 e. The van der Waals surface area contributed by atoms with Crippen LogP contribution < -0.4 is 10.1 Å². The van der Waals surface area contributed by atoms with Crippen LogP contribution in [0.15, 0.2) is 33.7 Å². The lowest BCUT2D eigenvalue weighted by atomic mass is 10.1. The number of aliphatic imine (C=N–C) groups is 1. The number of guanidine groups is 1. The quantitative estimate of drug-likeness (QED) is 0.344. The zero-order valence-corrected chi connectivity index (χ0v) is 19.8. The monoisotopic (exact) mass is 553 g/mol. The molecule has 3 unspecified atom stereocenters. The second kappa shape index (κ2) is 11.4. The fourth-order valence-electron chi connectivity index (χ4n) is 3.35. The summed E-state index contributed by atoms with van der Waals surface area (Å²) in [5.74, 6) is 1.74. The first-order valence-corrected chi connectivity index (χ1v) is 10.1. The van der Waals surface area contributed by atoms with Crippen LogP contribution in [0.5, 0.6) is 5.75 Å². The summed E-state index contributed by atoms with van der Waals surface area (Å²) in [5, 5.41) is 3.43. The van der Waals surface area contributed by atoms with Crippen molar-refractivity contribution in [3.8, 4) is 5.75 Å². The normalized spacial score (nSPS) is 24.3. The molecule has 0 radical (unpaired) electrons. The van der Waals surface area contributed by atoms with Gasteiger partial charge in [-0.25, -0.2) is 0 Å². The third-order valence-corrected chi connectivity index (χ3v) is 5.35. The number of para-hydroxylation sites is 1. The first kappa shape index (κ1) is 22.7. The molecule has 8 heteroatoms. The first-order chi connectivity index (χ1) is 12.7. The standard InChI is InChI=1S/C19H28BrN3O3.HI/c1-14(26-16-7-4-3-6-15(16)20)12-22-19(21-2)23-9-11-25-18(13-23)17-8-5-10-24-17;/h3-4,6-7,14,17-18H,5,8-13H2,1-2H3,(H,21,22);1H. The van der Waals surface area contributed by atoms with Crippen molar-refractivity contribution in [2.24, 2.45) is 4.99 Å². The molecule has 2 heterocycles. The number of benzene rings is 1. The Morgan fingerprint density at radius 1 is 1.33 bits per heavy atom. The Morgan fingerprint density at radius 3 is 2.81 bits per heavy atom. The van der Waals surface area contributed by atoms with E-state index in [0.29, 0.717) is 13.2 Å². The van der Waals surface area contributed by atoms with Crippen molar-refractivity contribution in [2.75, 3.05) is 39.9 Å². The van der Waals surface area contributed by atoms with E-state index in [1.54, 1.807) is 0 Å². The Bertz CT molecular complexity index is 614. The van der Waals surface area contributed by atoms with Crippen molar-refractivity contribution in [3.05, 3.63) is 28.7 Å². The van der Waals surface area contributed by atoms with Gasteiger partial charge in [-0.1, -0.05) is 12.1 Å². The van der Waals surface area contributed by atoms with Gasteiger partial charge in [0.2, 0.25) is 0 Å². The highest BCUT2D eigenvalue weighted by molar-refractivity contribution is 14.0. The van der Waals surface area contributed by atoms with Crippen molar-refractivity contribution >= 4 is 45.9 Å². The molecule has 2 aliphatic rings. The minimum Gasteiger partial charge on any atom is -0.488 e. The summed E-state index contributed by atoms with van der Waals surface area (Å²) in [6.45, 7) is 5.92. The number of morpholine rings is 1. The molecule has 0 saturated carbocycles. The molecule has 3 rings (SSSR count). The SMILES string of the molecule is CN=C(NCC(C)Oc1ccccc1Br)N1CCOC(C2CCCO2)C1.I. The number of hydrogen-bond donors (Lipinski definition) is 1. The van der Waals surface area contributed by atoms with Crippen LogP contribution in [0.1, 0.15) is 19.8 Å². The van der Waals surface area contributed by atoms with Crippen LogP contribution in [0.2, 0.25) is 0 Å².